The minimum absolute atomic E-state index is 0. The summed E-state index contributed by atoms with van der Waals surface area (Å²) in [5, 5.41) is 0. The van der Waals surface area contributed by atoms with Crippen molar-refractivity contribution in [3.8, 4) is 0 Å². The molecule has 0 fully saturated rings. The predicted molar refractivity (Wildman–Crippen MR) is 178 cm³/mol. The number of carbonyl (C=O) groups excluding carboxylic acids is 2. The maximum absolute atomic E-state index is 13.2. The molecule has 0 heterocycles. The lowest BCUT2D eigenvalue weighted by Crippen LogP contribution is -3.00. The third-order valence-corrected chi connectivity index (χ3v) is 8.06. The fourth-order valence-corrected chi connectivity index (χ4v) is 5.43. The monoisotopic (exact) mass is 653 g/mol. The van der Waals surface area contributed by atoms with Crippen LogP contribution in [0, 0.1) is 0 Å². The van der Waals surface area contributed by atoms with Crippen LogP contribution in [0.1, 0.15) is 136 Å². The van der Waals surface area contributed by atoms with Crippen LogP contribution in [0.3, 0.4) is 0 Å². The van der Waals surface area contributed by atoms with Gasteiger partial charge in [-0.05, 0) is 19.3 Å². The molecule has 0 N–H and O–H groups in total. The molecule has 0 aromatic carbocycles. The van der Waals surface area contributed by atoms with Gasteiger partial charge in [-0.15, -0.1) is 0 Å². The Morgan fingerprint density at radius 1 is 0.419 bits per heavy atom. The molecule has 0 bridgehead atoms. The quantitative estimate of drug-likeness (QED) is 0.0950. The molecule has 2 amide bonds. The Balaban J connectivity index is -0.00000800. The normalized spacial score (nSPS) is 11.5. The van der Waals surface area contributed by atoms with Gasteiger partial charge in [0, 0.05) is 51.9 Å². The SMILES string of the molecule is CCCCCCCCCC(=O)N(CCCN(CCC[N+](C)(C)C)C(=O)CCCCCCCCC)CCC[N+](C)(C)C.[Cl-].[Cl-]. The molecule has 0 rings (SSSR count). The van der Waals surface area contributed by atoms with Gasteiger partial charge in [-0.2, -0.15) is 0 Å². The zero-order valence-electron chi connectivity index (χ0n) is 30.0. The van der Waals surface area contributed by atoms with E-state index in [4.69, 9.17) is 0 Å². The maximum Gasteiger partial charge on any atom is 0.222 e. The van der Waals surface area contributed by atoms with Gasteiger partial charge in [0.25, 0.3) is 0 Å². The largest absolute Gasteiger partial charge is 1.00 e. The first-order valence-corrected chi connectivity index (χ1v) is 17.6. The Morgan fingerprint density at radius 2 is 0.698 bits per heavy atom. The lowest BCUT2D eigenvalue weighted by Gasteiger charge is -2.29. The van der Waals surface area contributed by atoms with E-state index < -0.39 is 0 Å². The Hall–Kier alpha value is -0.560. The van der Waals surface area contributed by atoms with Crippen LogP contribution >= 0.6 is 0 Å². The van der Waals surface area contributed by atoms with Gasteiger partial charge in [0.2, 0.25) is 11.8 Å². The second kappa shape index (κ2) is 28.9. The number of unbranched alkanes of at least 4 members (excludes halogenated alkanes) is 12. The second-order valence-electron chi connectivity index (χ2n) is 14.6. The fourth-order valence-electron chi connectivity index (χ4n) is 5.43. The van der Waals surface area contributed by atoms with Crippen molar-refractivity contribution in [3.05, 3.63) is 0 Å². The molecule has 0 spiro atoms. The summed E-state index contributed by atoms with van der Waals surface area (Å²) in [6.07, 6.45) is 21.5. The third kappa shape index (κ3) is 31.2. The number of hydrogen-bond donors (Lipinski definition) is 0. The van der Waals surface area contributed by atoms with Crippen LogP contribution in [0.15, 0.2) is 0 Å². The molecular formula is C35H74Cl2N4O2. The van der Waals surface area contributed by atoms with Crippen molar-refractivity contribution in [2.45, 2.75) is 136 Å². The van der Waals surface area contributed by atoms with Crippen LogP contribution in [0.4, 0.5) is 0 Å². The molecule has 0 aliphatic heterocycles. The van der Waals surface area contributed by atoms with Crippen molar-refractivity contribution in [2.24, 2.45) is 0 Å². The molecule has 0 aromatic heterocycles. The molecule has 0 saturated carbocycles. The Morgan fingerprint density at radius 3 is 1.00 bits per heavy atom. The van der Waals surface area contributed by atoms with Gasteiger partial charge in [-0.25, -0.2) is 0 Å². The summed E-state index contributed by atoms with van der Waals surface area (Å²) >= 11 is 0. The molecule has 0 atom stereocenters. The number of quaternary nitrogens is 2. The number of carbonyl (C=O) groups is 2. The van der Waals surface area contributed by atoms with E-state index in [1.807, 2.05) is 0 Å². The van der Waals surface area contributed by atoms with E-state index in [2.05, 4.69) is 65.9 Å². The number of hydrogen-bond acceptors (Lipinski definition) is 2. The zero-order chi connectivity index (χ0) is 31.0. The molecular weight excluding hydrogens is 579 g/mol. The highest BCUT2D eigenvalue weighted by Crippen LogP contribution is 2.13. The fraction of sp³-hybridized carbons (Fsp3) is 0.943. The van der Waals surface area contributed by atoms with Gasteiger partial charge in [-0.3, -0.25) is 9.59 Å². The summed E-state index contributed by atoms with van der Waals surface area (Å²) in [7, 11) is 13.3. The van der Waals surface area contributed by atoms with Crippen molar-refractivity contribution >= 4 is 11.8 Å². The molecule has 0 radical (unpaired) electrons. The summed E-state index contributed by atoms with van der Waals surface area (Å²) < 4.78 is 1.85. The van der Waals surface area contributed by atoms with Crippen molar-refractivity contribution in [2.75, 3.05) is 81.6 Å². The average Bonchev–Trinajstić information content (AvgIpc) is 2.88. The molecule has 0 aliphatic carbocycles. The van der Waals surface area contributed by atoms with E-state index in [0.717, 1.165) is 93.2 Å². The molecule has 0 saturated heterocycles. The molecule has 0 aromatic rings. The molecule has 43 heavy (non-hydrogen) atoms. The summed E-state index contributed by atoms with van der Waals surface area (Å²) in [6.45, 7) is 9.83. The standard InChI is InChI=1S/C35H74N4O2.2ClH/c1-9-11-13-15-17-19-21-26-34(40)36(30-24-32-38(3,4)5)28-23-29-37(31-25-33-39(6,7)8)35(41)27-22-20-18-16-14-12-10-2;;/h9-33H2,1-8H3;2*1H/q+2;;/p-2. The first kappa shape index (κ1) is 46.9. The highest BCUT2D eigenvalue weighted by atomic mass is 35.5. The molecule has 260 valence electrons. The highest BCUT2D eigenvalue weighted by Gasteiger charge is 2.18. The van der Waals surface area contributed by atoms with E-state index in [0.29, 0.717) is 24.7 Å². The predicted octanol–water partition coefficient (Wildman–Crippen LogP) is 1.52. The van der Waals surface area contributed by atoms with Crippen LogP contribution in [-0.4, -0.2) is 112 Å². The number of halogens is 2. The Kier molecular flexibility index (Phi) is 31.5. The number of nitrogens with zero attached hydrogens (tertiary/aromatic N) is 4. The van der Waals surface area contributed by atoms with Gasteiger partial charge in [0.1, 0.15) is 0 Å². The summed E-state index contributed by atoms with van der Waals surface area (Å²) in [5.41, 5.74) is 0. The van der Waals surface area contributed by atoms with E-state index in [9.17, 15) is 9.59 Å². The maximum atomic E-state index is 13.2. The second-order valence-corrected chi connectivity index (χ2v) is 14.6. The lowest BCUT2D eigenvalue weighted by molar-refractivity contribution is -0.870. The van der Waals surface area contributed by atoms with Crippen LogP contribution in [0.5, 0.6) is 0 Å². The smallest absolute Gasteiger partial charge is 0.222 e. The van der Waals surface area contributed by atoms with E-state index in [1.165, 1.54) is 64.2 Å². The molecule has 6 nitrogen and oxygen atoms in total. The lowest BCUT2D eigenvalue weighted by atomic mass is 10.1. The summed E-state index contributed by atoms with van der Waals surface area (Å²) in [6, 6.07) is 0. The first-order valence-electron chi connectivity index (χ1n) is 17.6. The first-order chi connectivity index (χ1) is 19.4. The summed E-state index contributed by atoms with van der Waals surface area (Å²) in [4.78, 5) is 30.7. The highest BCUT2D eigenvalue weighted by molar-refractivity contribution is 5.76. The van der Waals surface area contributed by atoms with Gasteiger partial charge in [0.15, 0.2) is 0 Å². The van der Waals surface area contributed by atoms with Crippen molar-refractivity contribution in [1.82, 2.24) is 9.80 Å². The topological polar surface area (TPSA) is 40.6 Å². The van der Waals surface area contributed by atoms with E-state index in [1.54, 1.807) is 0 Å². The Bertz CT molecular complexity index is 597. The van der Waals surface area contributed by atoms with Gasteiger partial charge in [-0.1, -0.05) is 90.9 Å². The van der Waals surface area contributed by atoms with Crippen molar-refractivity contribution in [3.63, 3.8) is 0 Å². The van der Waals surface area contributed by atoms with Crippen LogP contribution in [0.25, 0.3) is 0 Å². The number of rotatable bonds is 28. The Labute approximate surface area is 281 Å². The summed E-state index contributed by atoms with van der Waals surface area (Å²) in [5.74, 6) is 0.622. The van der Waals surface area contributed by atoms with Crippen LogP contribution in [0.2, 0.25) is 0 Å². The van der Waals surface area contributed by atoms with Crippen molar-refractivity contribution < 1.29 is 43.4 Å². The average molecular weight is 654 g/mol. The molecule has 0 unspecified atom stereocenters. The minimum Gasteiger partial charge on any atom is -1.00 e. The van der Waals surface area contributed by atoms with Gasteiger partial charge >= 0.3 is 0 Å². The zero-order valence-corrected chi connectivity index (χ0v) is 31.6. The molecule has 8 heteroatoms. The van der Waals surface area contributed by atoms with Crippen LogP contribution in [-0.2, 0) is 9.59 Å². The third-order valence-electron chi connectivity index (χ3n) is 8.06. The van der Waals surface area contributed by atoms with Crippen LogP contribution < -0.4 is 24.8 Å². The van der Waals surface area contributed by atoms with Gasteiger partial charge < -0.3 is 43.6 Å². The number of amides is 2. The van der Waals surface area contributed by atoms with E-state index in [-0.39, 0.29) is 24.8 Å². The molecule has 0 aliphatic rings. The van der Waals surface area contributed by atoms with Crippen molar-refractivity contribution in [1.29, 1.82) is 0 Å². The van der Waals surface area contributed by atoms with E-state index >= 15 is 0 Å². The minimum atomic E-state index is 0. The van der Waals surface area contributed by atoms with Gasteiger partial charge in [0.05, 0.1) is 55.4 Å².